The van der Waals surface area contributed by atoms with Gasteiger partial charge in [0.25, 0.3) is 0 Å². The van der Waals surface area contributed by atoms with E-state index in [9.17, 15) is 9.59 Å². The van der Waals surface area contributed by atoms with E-state index in [1.54, 1.807) is 6.08 Å². The van der Waals surface area contributed by atoms with Crippen LogP contribution in [0.3, 0.4) is 0 Å². The molecule has 1 saturated carbocycles. The maximum atomic E-state index is 12.0. The summed E-state index contributed by atoms with van der Waals surface area (Å²) in [7, 11) is 0. The Bertz CT molecular complexity index is 355. The van der Waals surface area contributed by atoms with Gasteiger partial charge >= 0.3 is 0 Å². The number of nitrogens with zero attached hydrogens (tertiary/aromatic N) is 1. The molecule has 2 aliphatic carbocycles. The van der Waals surface area contributed by atoms with E-state index in [2.05, 4.69) is 18.7 Å². The largest absolute Gasteiger partial charge is 0.278 e. The highest BCUT2D eigenvalue weighted by Crippen LogP contribution is 2.52. The van der Waals surface area contributed by atoms with Crippen LogP contribution in [-0.4, -0.2) is 23.3 Å². The van der Waals surface area contributed by atoms with Crippen molar-refractivity contribution in [1.82, 2.24) is 4.90 Å². The number of rotatable bonds is 2. The molecule has 0 N–H and O–H groups in total. The highest BCUT2D eigenvalue weighted by atomic mass is 16.2. The predicted molar refractivity (Wildman–Crippen MR) is 54.6 cm³/mol. The first-order chi connectivity index (χ1) is 7.24. The molecule has 3 nitrogen and oxygen atoms in total. The fourth-order valence-electron chi connectivity index (χ4n) is 3.27. The van der Waals surface area contributed by atoms with E-state index in [-0.39, 0.29) is 23.7 Å². The minimum Gasteiger partial charge on any atom is -0.278 e. The van der Waals surface area contributed by atoms with Crippen molar-refractivity contribution in [2.75, 3.05) is 6.54 Å². The van der Waals surface area contributed by atoms with Crippen LogP contribution in [0, 0.1) is 23.7 Å². The number of likely N-dealkylation sites (tertiary alicyclic amines) is 1. The Morgan fingerprint density at radius 1 is 1.27 bits per heavy atom. The summed E-state index contributed by atoms with van der Waals surface area (Å²) in [5, 5.41) is 0. The van der Waals surface area contributed by atoms with Crippen molar-refractivity contribution in [3.63, 3.8) is 0 Å². The number of hydrogen-bond acceptors (Lipinski definition) is 2. The molecule has 0 unspecified atom stereocenters. The van der Waals surface area contributed by atoms with Gasteiger partial charge in [0.15, 0.2) is 0 Å². The Labute approximate surface area is 88.4 Å². The molecule has 1 heterocycles. The molecule has 0 spiro atoms. The van der Waals surface area contributed by atoms with Crippen molar-refractivity contribution in [3.8, 4) is 0 Å². The van der Waals surface area contributed by atoms with Gasteiger partial charge in [-0.05, 0) is 18.3 Å². The predicted octanol–water partition coefficient (Wildman–Crippen LogP) is 0.979. The fourth-order valence-corrected chi connectivity index (χ4v) is 3.27. The minimum absolute atomic E-state index is 0.0155. The number of imide groups is 1. The second-order valence-corrected chi connectivity index (χ2v) is 4.58. The molecule has 3 heteroatoms. The van der Waals surface area contributed by atoms with Crippen LogP contribution in [0.25, 0.3) is 0 Å². The molecule has 2 fully saturated rings. The van der Waals surface area contributed by atoms with E-state index in [1.807, 2.05) is 0 Å². The molecule has 3 rings (SSSR count). The summed E-state index contributed by atoms with van der Waals surface area (Å²) >= 11 is 0. The van der Waals surface area contributed by atoms with E-state index in [0.29, 0.717) is 18.4 Å². The highest BCUT2D eigenvalue weighted by Gasteiger charge is 2.58. The molecular weight excluding hydrogens is 190 g/mol. The summed E-state index contributed by atoms with van der Waals surface area (Å²) in [6.45, 7) is 3.94. The maximum Gasteiger partial charge on any atom is 0.234 e. The molecule has 1 aliphatic heterocycles. The highest BCUT2D eigenvalue weighted by molar-refractivity contribution is 6.06. The van der Waals surface area contributed by atoms with E-state index < -0.39 is 0 Å². The van der Waals surface area contributed by atoms with Gasteiger partial charge in [0.05, 0.1) is 11.8 Å². The Morgan fingerprint density at radius 2 is 1.80 bits per heavy atom. The van der Waals surface area contributed by atoms with Gasteiger partial charge in [-0.3, -0.25) is 14.5 Å². The zero-order valence-corrected chi connectivity index (χ0v) is 8.43. The van der Waals surface area contributed by atoms with Crippen LogP contribution in [0.5, 0.6) is 0 Å². The van der Waals surface area contributed by atoms with Crippen LogP contribution >= 0.6 is 0 Å². The van der Waals surface area contributed by atoms with Crippen LogP contribution in [0.2, 0.25) is 0 Å². The Morgan fingerprint density at radius 3 is 2.27 bits per heavy atom. The molecule has 78 valence electrons. The summed E-state index contributed by atoms with van der Waals surface area (Å²) in [4.78, 5) is 25.4. The molecule has 4 atom stereocenters. The van der Waals surface area contributed by atoms with Crippen LogP contribution in [-0.2, 0) is 9.59 Å². The molecule has 0 aromatic carbocycles. The Kier molecular flexibility index (Phi) is 1.67. The van der Waals surface area contributed by atoms with Crippen molar-refractivity contribution in [3.05, 3.63) is 24.8 Å². The number of carbonyl (C=O) groups is 2. The van der Waals surface area contributed by atoms with Gasteiger partial charge in [-0.15, -0.1) is 6.58 Å². The van der Waals surface area contributed by atoms with Gasteiger partial charge < -0.3 is 0 Å². The normalized spacial score (nSPS) is 41.5. The quantitative estimate of drug-likeness (QED) is 0.495. The van der Waals surface area contributed by atoms with Crippen molar-refractivity contribution in [1.29, 1.82) is 0 Å². The molecule has 0 aromatic rings. The van der Waals surface area contributed by atoms with Crippen molar-refractivity contribution in [2.24, 2.45) is 23.7 Å². The average molecular weight is 203 g/mol. The summed E-state index contributed by atoms with van der Waals surface area (Å²) < 4.78 is 0. The number of amides is 2. The molecule has 1 saturated heterocycles. The first-order valence-electron chi connectivity index (χ1n) is 5.38. The van der Waals surface area contributed by atoms with Crippen LogP contribution < -0.4 is 0 Å². The Balaban J connectivity index is 1.96. The van der Waals surface area contributed by atoms with E-state index >= 15 is 0 Å². The van der Waals surface area contributed by atoms with Crippen LogP contribution in [0.15, 0.2) is 24.8 Å². The number of allylic oxidation sites excluding steroid dienone is 2. The third-order valence-corrected chi connectivity index (χ3v) is 3.87. The number of fused-ring (bicyclic) bond motifs is 5. The lowest BCUT2D eigenvalue weighted by Crippen LogP contribution is -2.32. The van der Waals surface area contributed by atoms with Crippen LogP contribution in [0.1, 0.15) is 6.42 Å². The van der Waals surface area contributed by atoms with Crippen molar-refractivity contribution in [2.45, 2.75) is 6.42 Å². The number of carbonyl (C=O) groups excluding carboxylic acids is 2. The van der Waals surface area contributed by atoms with Crippen LogP contribution in [0.4, 0.5) is 0 Å². The lowest BCUT2D eigenvalue weighted by atomic mass is 9.85. The first-order valence-corrected chi connectivity index (χ1v) is 5.38. The zero-order chi connectivity index (χ0) is 10.6. The first kappa shape index (κ1) is 8.89. The Hall–Kier alpha value is -1.38. The van der Waals surface area contributed by atoms with E-state index in [4.69, 9.17) is 0 Å². The molecule has 15 heavy (non-hydrogen) atoms. The lowest BCUT2D eigenvalue weighted by Gasteiger charge is -2.14. The third kappa shape index (κ3) is 0.954. The average Bonchev–Trinajstić information content (AvgIpc) is 2.87. The summed E-state index contributed by atoms with van der Waals surface area (Å²) in [5.74, 6) is 0.529. The second-order valence-electron chi connectivity index (χ2n) is 4.58. The third-order valence-electron chi connectivity index (χ3n) is 3.87. The molecule has 0 aromatic heterocycles. The zero-order valence-electron chi connectivity index (χ0n) is 8.43. The van der Waals surface area contributed by atoms with Gasteiger partial charge in [-0.1, -0.05) is 18.2 Å². The van der Waals surface area contributed by atoms with Crippen molar-refractivity contribution >= 4 is 11.8 Å². The van der Waals surface area contributed by atoms with Gasteiger partial charge in [0.2, 0.25) is 11.8 Å². The standard InChI is InChI=1S/C12H13NO2/c1-2-5-13-11(14)9-7-3-4-8(6-7)10(9)12(13)15/h2-4,7-10H,1,5-6H2/t7-,8+,9+,10-. The molecular formula is C12H13NO2. The topological polar surface area (TPSA) is 37.4 Å². The van der Waals surface area contributed by atoms with Gasteiger partial charge in [-0.2, -0.15) is 0 Å². The van der Waals surface area contributed by atoms with Gasteiger partial charge in [0.1, 0.15) is 0 Å². The summed E-state index contributed by atoms with van der Waals surface area (Å²) in [6, 6.07) is 0. The van der Waals surface area contributed by atoms with E-state index in [0.717, 1.165) is 6.42 Å². The van der Waals surface area contributed by atoms with E-state index in [1.165, 1.54) is 4.90 Å². The van der Waals surface area contributed by atoms with Gasteiger partial charge in [-0.25, -0.2) is 0 Å². The summed E-state index contributed by atoms with van der Waals surface area (Å²) in [6.07, 6.45) is 6.82. The number of hydrogen-bond donors (Lipinski definition) is 0. The smallest absolute Gasteiger partial charge is 0.234 e. The fraction of sp³-hybridized carbons (Fsp3) is 0.500. The monoisotopic (exact) mass is 203 g/mol. The SMILES string of the molecule is C=CCN1C(=O)[C@@H]2[C@H](C1=O)[C@H]1C=C[C@@H]2C1. The minimum atomic E-state index is -0.0625. The van der Waals surface area contributed by atoms with Gasteiger partial charge in [0, 0.05) is 6.54 Å². The molecule has 0 radical (unpaired) electrons. The maximum absolute atomic E-state index is 12.0. The molecule has 3 aliphatic rings. The molecule has 2 bridgehead atoms. The second kappa shape index (κ2) is 2.81. The lowest BCUT2D eigenvalue weighted by molar-refractivity contribution is -0.140. The molecule has 2 amide bonds. The summed E-state index contributed by atoms with van der Waals surface area (Å²) in [5.41, 5.74) is 0. The van der Waals surface area contributed by atoms with Crippen molar-refractivity contribution < 1.29 is 9.59 Å².